The maximum absolute atomic E-state index is 15.2. The molecule has 0 bridgehead atoms. The van der Waals surface area contributed by atoms with E-state index in [2.05, 4.69) is 15.3 Å². The molecule has 0 saturated heterocycles. The second kappa shape index (κ2) is 10.9. The number of para-hydroxylation sites is 1. The van der Waals surface area contributed by atoms with Gasteiger partial charge in [-0.1, -0.05) is 35.9 Å². The number of aromatic nitrogens is 3. The number of benzene rings is 2. The van der Waals surface area contributed by atoms with Gasteiger partial charge in [0.2, 0.25) is 5.95 Å². The molecule has 0 aliphatic rings. The van der Waals surface area contributed by atoms with Gasteiger partial charge in [0, 0.05) is 33.8 Å². The molecular weight excluding hydrogens is 514 g/mol. The number of nitrogens with one attached hydrogen (secondary N) is 1. The third-order valence-corrected chi connectivity index (χ3v) is 6.43. The van der Waals surface area contributed by atoms with E-state index in [9.17, 15) is 9.90 Å². The Morgan fingerprint density at radius 3 is 2.53 bits per heavy atom. The zero-order valence-corrected chi connectivity index (χ0v) is 22.1. The minimum Gasteiger partial charge on any atom is -0.463 e. The van der Waals surface area contributed by atoms with Crippen molar-refractivity contribution < 1.29 is 23.4 Å². The number of carbonyl (C=O) groups excluding carboxylic acids is 1. The van der Waals surface area contributed by atoms with Gasteiger partial charge in [0.1, 0.15) is 17.3 Å². The summed E-state index contributed by atoms with van der Waals surface area (Å²) < 4.78 is 36.9. The number of rotatable bonds is 8. The highest BCUT2D eigenvalue weighted by molar-refractivity contribution is 6.32. The highest BCUT2D eigenvalue weighted by Gasteiger charge is 2.26. The zero-order chi connectivity index (χ0) is 27.6. The van der Waals surface area contributed by atoms with Gasteiger partial charge in [-0.3, -0.25) is 4.57 Å². The molecule has 198 valence electrons. The van der Waals surface area contributed by atoms with Crippen LogP contribution < -0.4 is 5.32 Å². The van der Waals surface area contributed by atoms with Crippen LogP contribution in [-0.2, 0) is 9.53 Å². The number of anilines is 1. The molecule has 0 spiro atoms. The number of fused-ring (bicyclic) bond motifs is 1. The van der Waals surface area contributed by atoms with E-state index in [1.807, 2.05) is 0 Å². The summed E-state index contributed by atoms with van der Waals surface area (Å²) in [6.45, 7) is 6.83. The SMILES string of the molecule is CCOC(=O)C=C(c1ccccc1Cl)c1cc2cnc(NC(C)C(C)(C)O)nc2n1-c1c(F)cccc1F. The Labute approximate surface area is 223 Å². The minimum absolute atomic E-state index is 0.135. The molecular formula is C28H27ClF2N4O3. The third kappa shape index (κ3) is 5.54. The van der Waals surface area contributed by atoms with Crippen molar-refractivity contribution in [3.63, 3.8) is 0 Å². The average Bonchev–Trinajstić information content (AvgIpc) is 3.21. The number of halogens is 3. The predicted molar refractivity (Wildman–Crippen MR) is 143 cm³/mol. The van der Waals surface area contributed by atoms with Crippen LogP contribution in [0, 0.1) is 11.6 Å². The van der Waals surface area contributed by atoms with E-state index >= 15 is 8.78 Å². The Hall–Kier alpha value is -3.82. The van der Waals surface area contributed by atoms with Crippen LogP contribution in [-0.4, -0.2) is 43.9 Å². The molecule has 4 rings (SSSR count). The Morgan fingerprint density at radius 1 is 1.21 bits per heavy atom. The third-order valence-electron chi connectivity index (χ3n) is 6.10. The number of nitrogens with zero attached hydrogens (tertiary/aromatic N) is 3. The van der Waals surface area contributed by atoms with E-state index in [4.69, 9.17) is 16.3 Å². The first kappa shape index (κ1) is 27.2. The summed E-state index contributed by atoms with van der Waals surface area (Å²) >= 11 is 6.50. The topological polar surface area (TPSA) is 89.3 Å². The monoisotopic (exact) mass is 540 g/mol. The van der Waals surface area contributed by atoms with Gasteiger partial charge >= 0.3 is 5.97 Å². The van der Waals surface area contributed by atoms with E-state index < -0.39 is 29.2 Å². The number of ether oxygens (including phenoxy) is 1. The van der Waals surface area contributed by atoms with Crippen LogP contribution in [0.15, 0.2) is 60.8 Å². The number of carbonyl (C=O) groups is 1. The fraction of sp³-hybridized carbons (Fsp3) is 0.250. The van der Waals surface area contributed by atoms with Gasteiger partial charge in [0.15, 0.2) is 5.65 Å². The molecule has 10 heteroatoms. The fourth-order valence-corrected chi connectivity index (χ4v) is 4.06. The zero-order valence-electron chi connectivity index (χ0n) is 21.3. The van der Waals surface area contributed by atoms with Gasteiger partial charge in [0.25, 0.3) is 0 Å². The minimum atomic E-state index is -1.09. The predicted octanol–water partition coefficient (Wildman–Crippen LogP) is 5.92. The normalized spacial score (nSPS) is 13.0. The van der Waals surface area contributed by atoms with Crippen LogP contribution in [0.4, 0.5) is 14.7 Å². The molecule has 1 atom stereocenters. The largest absolute Gasteiger partial charge is 0.463 e. The average molecular weight is 541 g/mol. The molecule has 4 aromatic rings. The molecule has 0 aliphatic heterocycles. The van der Waals surface area contributed by atoms with Crippen molar-refractivity contribution in [2.24, 2.45) is 0 Å². The molecule has 38 heavy (non-hydrogen) atoms. The van der Waals surface area contributed by atoms with Crippen molar-refractivity contribution in [2.45, 2.75) is 39.3 Å². The summed E-state index contributed by atoms with van der Waals surface area (Å²) in [5, 5.41) is 14.1. The molecule has 0 aliphatic carbocycles. The summed E-state index contributed by atoms with van der Waals surface area (Å²) in [6.07, 6.45) is 2.73. The molecule has 2 aromatic heterocycles. The van der Waals surface area contributed by atoms with Gasteiger partial charge in [-0.15, -0.1) is 0 Å². The molecule has 2 N–H and O–H groups in total. The lowest BCUT2D eigenvalue weighted by molar-refractivity contribution is -0.137. The Kier molecular flexibility index (Phi) is 7.80. The molecule has 0 fully saturated rings. The number of hydrogen-bond acceptors (Lipinski definition) is 6. The van der Waals surface area contributed by atoms with Crippen molar-refractivity contribution in [2.75, 3.05) is 11.9 Å². The maximum Gasteiger partial charge on any atom is 0.331 e. The fourth-order valence-electron chi connectivity index (χ4n) is 3.83. The first-order chi connectivity index (χ1) is 18.0. The van der Waals surface area contributed by atoms with E-state index in [-0.39, 0.29) is 35.2 Å². The van der Waals surface area contributed by atoms with Gasteiger partial charge in [-0.05, 0) is 52.0 Å². The molecule has 7 nitrogen and oxygen atoms in total. The molecule has 2 aromatic carbocycles. The molecule has 0 amide bonds. The van der Waals surface area contributed by atoms with E-state index in [0.29, 0.717) is 16.0 Å². The van der Waals surface area contributed by atoms with Crippen molar-refractivity contribution in [1.82, 2.24) is 14.5 Å². The summed E-state index contributed by atoms with van der Waals surface area (Å²) in [6, 6.07) is 11.5. The van der Waals surface area contributed by atoms with Crippen LogP contribution in [0.25, 0.3) is 22.3 Å². The summed E-state index contributed by atoms with van der Waals surface area (Å²) in [5.41, 5.74) is -0.347. The van der Waals surface area contributed by atoms with Crippen LogP contribution in [0.1, 0.15) is 39.0 Å². The lowest BCUT2D eigenvalue weighted by atomic mass is 10.0. The van der Waals surface area contributed by atoms with Crippen LogP contribution in [0.2, 0.25) is 5.02 Å². The summed E-state index contributed by atoms with van der Waals surface area (Å²) in [4.78, 5) is 21.5. The summed E-state index contributed by atoms with van der Waals surface area (Å²) in [7, 11) is 0. The number of esters is 1. The smallest absolute Gasteiger partial charge is 0.331 e. The molecule has 0 radical (unpaired) electrons. The van der Waals surface area contributed by atoms with Crippen molar-refractivity contribution in [3.05, 3.63) is 88.7 Å². The highest BCUT2D eigenvalue weighted by atomic mass is 35.5. The van der Waals surface area contributed by atoms with Crippen LogP contribution in [0.3, 0.4) is 0 Å². The van der Waals surface area contributed by atoms with Gasteiger partial charge in [-0.25, -0.2) is 18.6 Å². The van der Waals surface area contributed by atoms with E-state index in [1.54, 1.807) is 58.0 Å². The Bertz CT molecular complexity index is 1510. The standard InChI is InChI=1S/C28H27ClF2N4O3/c1-5-38-24(36)14-19(18-9-6-7-10-20(18)29)23-13-17-15-32-27(33-16(2)28(3,4)37)34-26(17)35(23)25-21(30)11-8-12-22(25)31/h6-16,37H,5H2,1-4H3,(H,32,33,34). The Morgan fingerprint density at radius 2 is 1.89 bits per heavy atom. The first-order valence-corrected chi connectivity index (χ1v) is 12.3. The first-order valence-electron chi connectivity index (χ1n) is 12.0. The van der Waals surface area contributed by atoms with Gasteiger partial charge < -0.3 is 15.2 Å². The van der Waals surface area contributed by atoms with Crippen LogP contribution in [0.5, 0.6) is 0 Å². The molecule has 2 heterocycles. The quantitative estimate of drug-likeness (QED) is 0.213. The maximum atomic E-state index is 15.2. The van der Waals surface area contributed by atoms with E-state index in [1.165, 1.54) is 22.9 Å². The second-order valence-electron chi connectivity index (χ2n) is 9.22. The second-order valence-corrected chi connectivity index (χ2v) is 9.62. The van der Waals surface area contributed by atoms with Crippen molar-refractivity contribution in [1.29, 1.82) is 0 Å². The summed E-state index contributed by atoms with van der Waals surface area (Å²) in [5.74, 6) is -2.18. The van der Waals surface area contributed by atoms with Gasteiger partial charge in [0.05, 0.1) is 23.9 Å². The number of hydrogen-bond donors (Lipinski definition) is 2. The lowest BCUT2D eigenvalue weighted by Gasteiger charge is -2.26. The lowest BCUT2D eigenvalue weighted by Crippen LogP contribution is -2.39. The van der Waals surface area contributed by atoms with E-state index in [0.717, 1.165) is 12.1 Å². The van der Waals surface area contributed by atoms with Crippen molar-refractivity contribution >= 4 is 40.1 Å². The highest BCUT2D eigenvalue weighted by Crippen LogP contribution is 2.36. The van der Waals surface area contributed by atoms with Gasteiger partial charge in [-0.2, -0.15) is 4.98 Å². The molecule has 0 saturated carbocycles. The van der Waals surface area contributed by atoms with Crippen molar-refractivity contribution in [3.8, 4) is 5.69 Å². The Balaban J connectivity index is 2.05. The van der Waals surface area contributed by atoms with Crippen LogP contribution >= 0.6 is 11.6 Å². The number of aliphatic hydroxyl groups is 1. The molecule has 1 unspecified atom stereocenters.